The van der Waals surface area contributed by atoms with Crippen molar-refractivity contribution in [1.82, 2.24) is 4.57 Å². The lowest BCUT2D eigenvalue weighted by Gasteiger charge is -2.37. The topological polar surface area (TPSA) is 26.6 Å². The zero-order valence-electron chi connectivity index (χ0n) is 28.3. The molecule has 4 nitrogen and oxygen atoms in total. The van der Waals surface area contributed by atoms with Crippen molar-refractivity contribution in [2.24, 2.45) is 0 Å². The second-order valence-electron chi connectivity index (χ2n) is 14.3. The van der Waals surface area contributed by atoms with Crippen LogP contribution in [0.5, 0.6) is 5.75 Å². The average Bonchev–Trinajstić information content (AvgIpc) is 3.51. The van der Waals surface area contributed by atoms with E-state index in [1.165, 1.54) is 38.4 Å². The van der Waals surface area contributed by atoms with Gasteiger partial charge in [-0.15, -0.1) is 0 Å². The fourth-order valence-electron chi connectivity index (χ4n) is 7.86. The Morgan fingerprint density at radius 3 is 2.06 bits per heavy atom. The van der Waals surface area contributed by atoms with Crippen molar-refractivity contribution in [3.8, 4) is 11.4 Å². The van der Waals surface area contributed by atoms with E-state index in [0.717, 1.165) is 59.8 Å². The quantitative estimate of drug-likeness (QED) is 0.192. The fourth-order valence-corrected chi connectivity index (χ4v) is 7.86. The molecule has 0 N–H and O–H groups in total. The number of rotatable bonds is 4. The van der Waals surface area contributed by atoms with E-state index < -0.39 is 5.60 Å². The maximum absolute atomic E-state index is 7.53. The number of morpholine rings is 1. The third-order valence-electron chi connectivity index (χ3n) is 10.4. The summed E-state index contributed by atoms with van der Waals surface area (Å²) in [6, 6.07) is 46.2. The lowest BCUT2D eigenvalue weighted by Crippen LogP contribution is -2.36. The largest absolute Gasteiger partial charge is 0.472 e. The molecule has 3 heterocycles. The fraction of sp³-hybridized carbons (Fsp3) is 0.200. The van der Waals surface area contributed by atoms with Gasteiger partial charge in [0.1, 0.15) is 5.75 Å². The van der Waals surface area contributed by atoms with Crippen molar-refractivity contribution in [2.45, 2.75) is 31.8 Å². The van der Waals surface area contributed by atoms with E-state index in [9.17, 15) is 0 Å². The number of hydrogen-bond donors (Lipinski definition) is 0. The van der Waals surface area contributed by atoms with Crippen LogP contribution in [0.2, 0.25) is 0 Å². The van der Waals surface area contributed by atoms with E-state index in [4.69, 9.17) is 9.47 Å². The molecule has 0 bridgehead atoms. The van der Waals surface area contributed by atoms with Gasteiger partial charge in [0.15, 0.2) is 5.60 Å². The minimum Gasteiger partial charge on any atom is -0.472 e. The second kappa shape index (κ2) is 11.4. The maximum atomic E-state index is 7.53. The highest BCUT2D eigenvalue weighted by molar-refractivity contribution is 6.25. The van der Waals surface area contributed by atoms with Crippen molar-refractivity contribution in [2.75, 3.05) is 31.2 Å². The van der Waals surface area contributed by atoms with E-state index in [1.54, 1.807) is 0 Å². The predicted molar refractivity (Wildman–Crippen MR) is 203 cm³/mol. The summed E-state index contributed by atoms with van der Waals surface area (Å²) in [6.45, 7) is 10.2. The highest BCUT2D eigenvalue weighted by atomic mass is 16.5. The van der Waals surface area contributed by atoms with Crippen LogP contribution in [0.25, 0.3) is 44.3 Å². The monoisotopic (exact) mass is 640 g/mol. The summed E-state index contributed by atoms with van der Waals surface area (Å²) in [6.07, 6.45) is 4.59. The number of para-hydroxylation sites is 1. The number of nitrogens with zero attached hydrogens (tertiary/aromatic N) is 2. The van der Waals surface area contributed by atoms with Gasteiger partial charge in [-0.1, -0.05) is 118 Å². The molecule has 0 spiro atoms. The van der Waals surface area contributed by atoms with Gasteiger partial charge < -0.3 is 18.9 Å². The molecule has 1 saturated heterocycles. The van der Waals surface area contributed by atoms with Crippen LogP contribution in [0.1, 0.15) is 43.0 Å². The molecule has 49 heavy (non-hydrogen) atoms. The van der Waals surface area contributed by atoms with Crippen molar-refractivity contribution in [3.05, 3.63) is 156 Å². The Kier molecular flexibility index (Phi) is 6.93. The molecule has 0 aliphatic carbocycles. The third-order valence-corrected chi connectivity index (χ3v) is 10.4. The van der Waals surface area contributed by atoms with Gasteiger partial charge in [-0.05, 0) is 58.8 Å². The summed E-state index contributed by atoms with van der Waals surface area (Å²) in [5.41, 5.74) is 8.54. The van der Waals surface area contributed by atoms with Crippen LogP contribution in [-0.2, 0) is 15.8 Å². The highest BCUT2D eigenvalue weighted by Gasteiger charge is 2.39. The van der Waals surface area contributed by atoms with Crippen LogP contribution >= 0.6 is 0 Å². The van der Waals surface area contributed by atoms with Gasteiger partial charge >= 0.3 is 0 Å². The summed E-state index contributed by atoms with van der Waals surface area (Å²) in [4.78, 5) is 2.40. The van der Waals surface area contributed by atoms with Gasteiger partial charge in [-0.25, -0.2) is 0 Å². The summed E-state index contributed by atoms with van der Waals surface area (Å²) < 4.78 is 15.6. The van der Waals surface area contributed by atoms with E-state index in [0.29, 0.717) is 0 Å². The molecule has 0 amide bonds. The van der Waals surface area contributed by atoms with E-state index >= 15 is 0 Å². The minimum atomic E-state index is -0.808. The Balaban J connectivity index is 1.32. The number of fused-ring (bicyclic) bond motifs is 8. The first kappa shape index (κ1) is 29.8. The van der Waals surface area contributed by atoms with Crippen molar-refractivity contribution >= 4 is 44.3 Å². The zero-order chi connectivity index (χ0) is 33.2. The zero-order valence-corrected chi connectivity index (χ0v) is 28.3. The molecule has 7 aromatic rings. The second-order valence-corrected chi connectivity index (χ2v) is 14.3. The van der Waals surface area contributed by atoms with Gasteiger partial charge in [-0.3, -0.25) is 0 Å². The number of aromatic nitrogens is 1. The third kappa shape index (κ3) is 4.77. The van der Waals surface area contributed by atoms with Crippen LogP contribution in [0, 0.1) is 0 Å². The summed E-state index contributed by atoms with van der Waals surface area (Å²) in [7, 11) is 0. The van der Waals surface area contributed by atoms with E-state index in [2.05, 4.69) is 170 Å². The molecule has 0 radical (unpaired) electrons. The van der Waals surface area contributed by atoms with Crippen LogP contribution in [-0.4, -0.2) is 30.9 Å². The number of hydrogen-bond acceptors (Lipinski definition) is 3. The average molecular weight is 641 g/mol. The first-order chi connectivity index (χ1) is 23.9. The van der Waals surface area contributed by atoms with Crippen LogP contribution in [0.15, 0.2) is 133 Å². The summed E-state index contributed by atoms with van der Waals surface area (Å²) >= 11 is 0. The number of anilines is 1. The Morgan fingerprint density at radius 1 is 0.633 bits per heavy atom. The SMILES string of the molecule is CC(C)(C)c1cccc(-n2c3ccccc3c3c4ccccc4c4c(c32)C=CC(c2ccccc2)(c2ccc(N3CCOCC3)cc2)O4)c1. The molecule has 2 aliphatic heterocycles. The van der Waals surface area contributed by atoms with E-state index in [-0.39, 0.29) is 5.41 Å². The number of benzene rings is 6. The van der Waals surface area contributed by atoms with Gasteiger partial charge in [0.05, 0.1) is 24.2 Å². The molecule has 1 fully saturated rings. The molecule has 2 aliphatic rings. The lowest BCUT2D eigenvalue weighted by atomic mass is 9.82. The first-order valence-electron chi connectivity index (χ1n) is 17.4. The molecular formula is C45H40N2O2. The standard InChI is InChI=1S/C45H40N2O2/c1-44(2,3)33-14-11-15-35(30-33)47-40-19-10-9-18-38(40)41-36-16-7-8-17-37(36)43-39(42(41)47)24-25-45(49-43,31-12-5-4-6-13-31)32-20-22-34(23-21-32)46-26-28-48-29-27-46/h4-25,30H,26-29H2,1-3H3. The Bertz CT molecular complexity index is 2370. The minimum absolute atomic E-state index is 0.0243. The highest BCUT2D eigenvalue weighted by Crippen LogP contribution is 2.51. The molecule has 6 aromatic carbocycles. The molecule has 9 rings (SSSR count). The van der Waals surface area contributed by atoms with Crippen LogP contribution < -0.4 is 9.64 Å². The lowest BCUT2D eigenvalue weighted by molar-refractivity contribution is 0.122. The Hall–Kier alpha value is -5.32. The molecule has 4 heteroatoms. The predicted octanol–water partition coefficient (Wildman–Crippen LogP) is 10.4. The van der Waals surface area contributed by atoms with Gasteiger partial charge in [0, 0.05) is 57.3 Å². The molecule has 1 atom stereocenters. The van der Waals surface area contributed by atoms with Gasteiger partial charge in [-0.2, -0.15) is 0 Å². The van der Waals surface area contributed by atoms with Crippen molar-refractivity contribution in [1.29, 1.82) is 0 Å². The summed E-state index contributed by atoms with van der Waals surface area (Å²) in [5.74, 6) is 0.905. The van der Waals surface area contributed by atoms with Crippen molar-refractivity contribution in [3.63, 3.8) is 0 Å². The van der Waals surface area contributed by atoms with Gasteiger partial charge in [0.25, 0.3) is 0 Å². The molecule has 1 unspecified atom stereocenters. The first-order valence-corrected chi connectivity index (χ1v) is 17.4. The van der Waals surface area contributed by atoms with Gasteiger partial charge in [0.2, 0.25) is 0 Å². The summed E-state index contributed by atoms with van der Waals surface area (Å²) in [5, 5.41) is 4.80. The molecule has 1 aromatic heterocycles. The van der Waals surface area contributed by atoms with Crippen molar-refractivity contribution < 1.29 is 9.47 Å². The molecular weight excluding hydrogens is 601 g/mol. The Morgan fingerprint density at radius 2 is 1.31 bits per heavy atom. The molecule has 0 saturated carbocycles. The normalized spacial score (nSPS) is 17.8. The number of ether oxygens (including phenoxy) is 2. The van der Waals surface area contributed by atoms with Crippen LogP contribution in [0.4, 0.5) is 5.69 Å². The maximum Gasteiger partial charge on any atom is 0.178 e. The Labute approximate surface area is 287 Å². The smallest absolute Gasteiger partial charge is 0.178 e. The van der Waals surface area contributed by atoms with Crippen LogP contribution in [0.3, 0.4) is 0 Å². The van der Waals surface area contributed by atoms with E-state index in [1.807, 2.05) is 0 Å². The molecule has 242 valence electrons.